The summed E-state index contributed by atoms with van der Waals surface area (Å²) < 4.78 is 0. The van der Waals surface area contributed by atoms with Crippen molar-refractivity contribution < 1.29 is 9.72 Å². The first-order valence-electron chi connectivity index (χ1n) is 9.67. The highest BCUT2D eigenvalue weighted by molar-refractivity contribution is 5.83. The Kier molecular flexibility index (Phi) is 7.57. The van der Waals surface area contributed by atoms with Gasteiger partial charge in [0.05, 0.1) is 4.92 Å². The van der Waals surface area contributed by atoms with E-state index in [9.17, 15) is 14.9 Å². The van der Waals surface area contributed by atoms with Gasteiger partial charge in [0.1, 0.15) is 6.04 Å². The topological polar surface area (TPSA) is 110 Å². The fourth-order valence-corrected chi connectivity index (χ4v) is 3.04. The third-order valence-electron chi connectivity index (χ3n) is 4.65. The maximum atomic E-state index is 12.9. The van der Waals surface area contributed by atoms with Crippen LogP contribution < -0.4 is 10.6 Å². The van der Waals surface area contributed by atoms with Crippen LogP contribution in [-0.4, -0.2) is 33.9 Å². The van der Waals surface area contributed by atoms with Gasteiger partial charge < -0.3 is 10.6 Å². The number of benzene rings is 1. The molecule has 0 aliphatic rings. The highest BCUT2D eigenvalue weighted by Gasteiger charge is 2.20. The van der Waals surface area contributed by atoms with Crippen LogP contribution in [0.2, 0.25) is 0 Å². The quantitative estimate of drug-likeness (QED) is 0.396. The first kappa shape index (κ1) is 21.1. The van der Waals surface area contributed by atoms with Crippen molar-refractivity contribution in [3.8, 4) is 0 Å². The van der Waals surface area contributed by atoms with Crippen LogP contribution in [-0.2, 0) is 17.6 Å². The highest BCUT2D eigenvalue weighted by atomic mass is 16.6. The second-order valence-corrected chi connectivity index (χ2v) is 6.74. The molecule has 0 aliphatic heterocycles. The molecule has 8 heteroatoms. The molecule has 0 fully saturated rings. The van der Waals surface area contributed by atoms with Crippen LogP contribution in [0.3, 0.4) is 0 Å². The number of nitrogens with one attached hydrogen (secondary N) is 2. The summed E-state index contributed by atoms with van der Waals surface area (Å²) in [5.74, 6) is -0.178. The molecule has 1 atom stereocenters. The van der Waals surface area contributed by atoms with Crippen LogP contribution in [0, 0.1) is 10.1 Å². The fourth-order valence-electron chi connectivity index (χ4n) is 3.04. The van der Waals surface area contributed by atoms with E-state index < -0.39 is 11.0 Å². The van der Waals surface area contributed by atoms with Gasteiger partial charge >= 0.3 is 0 Å². The largest absolute Gasteiger partial charge is 0.354 e. The third-order valence-corrected chi connectivity index (χ3v) is 4.65. The number of nitrogens with zero attached hydrogens (tertiary/aromatic N) is 3. The van der Waals surface area contributed by atoms with E-state index in [4.69, 9.17) is 0 Å². The zero-order valence-corrected chi connectivity index (χ0v) is 16.4. The molecule has 0 aliphatic carbocycles. The zero-order chi connectivity index (χ0) is 21.2. The van der Waals surface area contributed by atoms with Crippen LogP contribution in [0.25, 0.3) is 0 Å². The standard InChI is InChI=1S/C22H23N5O3/c28-22(26-15-10-18-2-1-11-24-16-18)21(19-3-5-20(6-4-19)27(29)30)25-14-9-17-7-12-23-13-8-17/h1-8,11-13,16,21,25H,9-10,14-15H2,(H,26,28). The van der Waals surface area contributed by atoms with E-state index in [-0.39, 0.29) is 11.6 Å². The predicted molar refractivity (Wildman–Crippen MR) is 113 cm³/mol. The van der Waals surface area contributed by atoms with Crippen molar-refractivity contribution in [1.29, 1.82) is 0 Å². The number of non-ortho nitro benzene ring substituents is 1. The summed E-state index contributed by atoms with van der Waals surface area (Å²) in [6.45, 7) is 1.04. The van der Waals surface area contributed by atoms with Gasteiger partial charge in [0.25, 0.3) is 5.69 Å². The maximum absolute atomic E-state index is 12.9. The molecule has 0 saturated heterocycles. The number of carbonyl (C=O) groups excluding carboxylic acids is 1. The number of aromatic nitrogens is 2. The van der Waals surface area contributed by atoms with E-state index in [2.05, 4.69) is 20.6 Å². The molecule has 154 valence electrons. The molecule has 0 saturated carbocycles. The van der Waals surface area contributed by atoms with Gasteiger partial charge in [0.2, 0.25) is 5.91 Å². The van der Waals surface area contributed by atoms with Crippen molar-refractivity contribution in [3.05, 3.63) is 100 Å². The lowest BCUT2D eigenvalue weighted by atomic mass is 10.0. The average Bonchev–Trinajstić information content (AvgIpc) is 2.78. The van der Waals surface area contributed by atoms with E-state index in [0.29, 0.717) is 25.1 Å². The Morgan fingerprint density at radius 3 is 2.33 bits per heavy atom. The summed E-state index contributed by atoms with van der Waals surface area (Å²) in [7, 11) is 0. The monoisotopic (exact) mass is 405 g/mol. The highest BCUT2D eigenvalue weighted by Crippen LogP contribution is 2.18. The summed E-state index contributed by atoms with van der Waals surface area (Å²) in [6, 6.07) is 13.1. The van der Waals surface area contributed by atoms with Gasteiger partial charge in [0.15, 0.2) is 0 Å². The van der Waals surface area contributed by atoms with Crippen LogP contribution in [0.1, 0.15) is 22.7 Å². The average molecular weight is 405 g/mol. The van der Waals surface area contributed by atoms with E-state index in [1.165, 1.54) is 12.1 Å². The van der Waals surface area contributed by atoms with Crippen LogP contribution >= 0.6 is 0 Å². The lowest BCUT2D eigenvalue weighted by Gasteiger charge is -2.19. The first-order chi connectivity index (χ1) is 14.6. The van der Waals surface area contributed by atoms with Crippen molar-refractivity contribution in [1.82, 2.24) is 20.6 Å². The SMILES string of the molecule is O=C(NCCc1cccnc1)C(NCCc1ccncc1)c1ccc([N+](=O)[O-])cc1. The number of pyridine rings is 2. The van der Waals surface area contributed by atoms with Crippen LogP contribution in [0.4, 0.5) is 5.69 Å². The number of amides is 1. The first-order valence-corrected chi connectivity index (χ1v) is 9.67. The van der Waals surface area contributed by atoms with Crippen molar-refractivity contribution in [3.63, 3.8) is 0 Å². The van der Waals surface area contributed by atoms with Gasteiger partial charge in [-0.2, -0.15) is 0 Å². The van der Waals surface area contributed by atoms with Crippen molar-refractivity contribution in [2.45, 2.75) is 18.9 Å². The van der Waals surface area contributed by atoms with Crippen molar-refractivity contribution >= 4 is 11.6 Å². The van der Waals surface area contributed by atoms with Crippen molar-refractivity contribution in [2.75, 3.05) is 13.1 Å². The second-order valence-electron chi connectivity index (χ2n) is 6.74. The molecule has 2 aromatic heterocycles. The summed E-state index contributed by atoms with van der Waals surface area (Å²) in [6.07, 6.45) is 8.34. The molecular weight excluding hydrogens is 382 g/mol. The van der Waals surface area contributed by atoms with Crippen LogP contribution in [0.15, 0.2) is 73.3 Å². The zero-order valence-electron chi connectivity index (χ0n) is 16.4. The van der Waals surface area contributed by atoms with Gasteiger partial charge in [-0.05, 0) is 47.7 Å². The number of hydrogen-bond acceptors (Lipinski definition) is 6. The summed E-state index contributed by atoms with van der Waals surface area (Å²) >= 11 is 0. The molecule has 1 aromatic carbocycles. The predicted octanol–water partition coefficient (Wildman–Crippen LogP) is 2.62. The van der Waals surface area contributed by atoms with E-state index in [1.54, 1.807) is 36.9 Å². The summed E-state index contributed by atoms with van der Waals surface area (Å²) in [4.78, 5) is 31.4. The minimum atomic E-state index is -0.610. The van der Waals surface area contributed by atoms with Crippen molar-refractivity contribution in [2.24, 2.45) is 0 Å². The van der Waals surface area contributed by atoms with E-state index >= 15 is 0 Å². The number of hydrogen-bond donors (Lipinski definition) is 2. The smallest absolute Gasteiger partial charge is 0.269 e. The molecule has 8 nitrogen and oxygen atoms in total. The molecule has 0 spiro atoms. The molecule has 1 unspecified atom stereocenters. The Hall–Kier alpha value is -3.65. The Balaban J connectivity index is 1.64. The molecule has 0 radical (unpaired) electrons. The number of rotatable bonds is 10. The Bertz CT molecular complexity index is 950. The number of nitro groups is 1. The van der Waals surface area contributed by atoms with Crippen LogP contribution in [0.5, 0.6) is 0 Å². The normalized spacial score (nSPS) is 11.6. The summed E-state index contributed by atoms with van der Waals surface area (Å²) in [5, 5.41) is 17.1. The lowest BCUT2D eigenvalue weighted by Crippen LogP contribution is -2.39. The minimum absolute atomic E-state index is 0.00808. The molecule has 2 N–H and O–H groups in total. The summed E-state index contributed by atoms with van der Waals surface area (Å²) in [5.41, 5.74) is 2.81. The Morgan fingerprint density at radius 2 is 1.67 bits per heavy atom. The Labute approximate surface area is 174 Å². The Morgan fingerprint density at radius 1 is 0.933 bits per heavy atom. The molecule has 1 amide bonds. The molecule has 3 aromatic rings. The maximum Gasteiger partial charge on any atom is 0.269 e. The minimum Gasteiger partial charge on any atom is -0.354 e. The molecule has 30 heavy (non-hydrogen) atoms. The molecular formula is C22H23N5O3. The molecule has 2 heterocycles. The van der Waals surface area contributed by atoms with Gasteiger partial charge in [-0.3, -0.25) is 24.9 Å². The van der Waals surface area contributed by atoms with Gasteiger partial charge in [-0.15, -0.1) is 0 Å². The third kappa shape index (κ3) is 6.18. The fraction of sp³-hybridized carbons (Fsp3) is 0.227. The van der Waals surface area contributed by atoms with E-state index in [0.717, 1.165) is 17.5 Å². The van der Waals surface area contributed by atoms with Gasteiger partial charge in [0, 0.05) is 50.0 Å². The lowest BCUT2D eigenvalue weighted by molar-refractivity contribution is -0.384. The van der Waals surface area contributed by atoms with Gasteiger partial charge in [-0.1, -0.05) is 18.2 Å². The molecule has 3 rings (SSSR count). The number of carbonyl (C=O) groups is 1. The second kappa shape index (κ2) is 10.8. The molecule has 0 bridgehead atoms. The number of nitro benzene ring substituents is 1. The van der Waals surface area contributed by atoms with Gasteiger partial charge in [-0.25, -0.2) is 0 Å². The van der Waals surface area contributed by atoms with E-state index in [1.807, 2.05) is 24.3 Å².